The fourth-order valence-corrected chi connectivity index (χ4v) is 1.62. The van der Waals surface area contributed by atoms with Crippen molar-refractivity contribution in [2.75, 3.05) is 0 Å². The van der Waals surface area contributed by atoms with Crippen LogP contribution in [-0.4, -0.2) is 9.97 Å². The Bertz CT molecular complexity index is 376. The number of nitrogens with zero attached hydrogens (tertiary/aromatic N) is 2. The van der Waals surface area contributed by atoms with Crippen molar-refractivity contribution < 1.29 is 0 Å². The lowest BCUT2D eigenvalue weighted by Crippen LogP contribution is -2.29. The van der Waals surface area contributed by atoms with E-state index in [1.54, 1.807) is 0 Å². The predicted molar refractivity (Wildman–Crippen MR) is 76.6 cm³/mol. The lowest BCUT2D eigenvalue weighted by molar-refractivity contribution is 0.313. The van der Waals surface area contributed by atoms with Gasteiger partial charge in [-0.1, -0.05) is 48.5 Å². The van der Waals surface area contributed by atoms with E-state index in [0.29, 0.717) is 11.8 Å². The van der Waals surface area contributed by atoms with E-state index in [1.165, 1.54) is 0 Å². The molecule has 1 atom stereocenters. The van der Waals surface area contributed by atoms with Crippen LogP contribution >= 0.6 is 0 Å². The molecule has 18 heavy (non-hydrogen) atoms. The van der Waals surface area contributed by atoms with Crippen molar-refractivity contribution in [1.82, 2.24) is 9.97 Å². The number of nitrogens with two attached hydrogens (primary N) is 1. The second kappa shape index (κ2) is 5.35. The summed E-state index contributed by atoms with van der Waals surface area (Å²) in [7, 11) is 0. The minimum absolute atomic E-state index is 0.0240. The van der Waals surface area contributed by atoms with E-state index in [4.69, 9.17) is 5.73 Å². The van der Waals surface area contributed by atoms with Crippen LogP contribution in [0.2, 0.25) is 0 Å². The molecular formula is C15H27N3. The normalized spacial score (nSPS) is 14.3. The number of hydrogen-bond donors (Lipinski definition) is 1. The monoisotopic (exact) mass is 249 g/mol. The van der Waals surface area contributed by atoms with Crippen molar-refractivity contribution in [2.45, 2.75) is 66.3 Å². The second-order valence-electron chi connectivity index (χ2n) is 6.73. The van der Waals surface area contributed by atoms with Crippen LogP contribution in [0.4, 0.5) is 0 Å². The molecule has 3 heteroatoms. The molecule has 0 aromatic carbocycles. The van der Waals surface area contributed by atoms with Crippen LogP contribution in [0.1, 0.15) is 83.6 Å². The van der Waals surface area contributed by atoms with E-state index in [2.05, 4.69) is 64.5 Å². The minimum atomic E-state index is -0.131. The van der Waals surface area contributed by atoms with Crippen molar-refractivity contribution in [3.63, 3.8) is 0 Å². The van der Waals surface area contributed by atoms with Crippen LogP contribution < -0.4 is 5.73 Å². The maximum atomic E-state index is 6.29. The van der Waals surface area contributed by atoms with E-state index < -0.39 is 0 Å². The van der Waals surface area contributed by atoms with E-state index in [0.717, 1.165) is 17.2 Å². The Morgan fingerprint density at radius 2 is 1.33 bits per heavy atom. The molecule has 0 amide bonds. The third kappa shape index (κ3) is 3.52. The first-order valence-electron chi connectivity index (χ1n) is 6.77. The lowest BCUT2D eigenvalue weighted by Gasteiger charge is -2.26. The number of aromatic nitrogens is 2. The molecule has 102 valence electrons. The molecule has 1 aromatic rings. The minimum Gasteiger partial charge on any atom is -0.321 e. The molecule has 1 rings (SSSR count). The summed E-state index contributed by atoms with van der Waals surface area (Å²) in [5, 5.41) is 0. The van der Waals surface area contributed by atoms with Gasteiger partial charge >= 0.3 is 0 Å². The molecule has 1 unspecified atom stereocenters. The molecule has 1 aromatic heterocycles. The lowest BCUT2D eigenvalue weighted by atomic mass is 9.86. The molecule has 0 aliphatic heterocycles. The van der Waals surface area contributed by atoms with Crippen LogP contribution in [0.3, 0.4) is 0 Å². The summed E-state index contributed by atoms with van der Waals surface area (Å²) in [6.45, 7) is 15.0. The Morgan fingerprint density at radius 1 is 0.944 bits per heavy atom. The topological polar surface area (TPSA) is 51.8 Å². The zero-order chi connectivity index (χ0) is 14.1. The SMILES string of the molecule is CC(C)c1cc(C(C)C)nc(C(N)C(C)(C)C)n1. The maximum absolute atomic E-state index is 6.29. The standard InChI is InChI=1S/C15H27N3/c1-9(2)11-8-12(10(3)4)18-14(17-11)13(16)15(5,6)7/h8-10,13H,16H2,1-7H3. The van der Waals surface area contributed by atoms with Gasteiger partial charge in [-0.25, -0.2) is 9.97 Å². The first-order valence-corrected chi connectivity index (χ1v) is 6.77. The van der Waals surface area contributed by atoms with Crippen LogP contribution in [0.15, 0.2) is 6.07 Å². The Labute approximate surface area is 111 Å². The quantitative estimate of drug-likeness (QED) is 0.887. The summed E-state index contributed by atoms with van der Waals surface area (Å²) < 4.78 is 0. The van der Waals surface area contributed by atoms with Gasteiger partial charge in [-0.2, -0.15) is 0 Å². The highest BCUT2D eigenvalue weighted by Crippen LogP contribution is 2.30. The Balaban J connectivity index is 3.27. The van der Waals surface area contributed by atoms with Crippen LogP contribution in [0.25, 0.3) is 0 Å². The van der Waals surface area contributed by atoms with Gasteiger partial charge in [-0.05, 0) is 23.3 Å². The zero-order valence-corrected chi connectivity index (χ0v) is 12.8. The molecule has 0 aliphatic carbocycles. The Hall–Kier alpha value is -0.960. The molecule has 0 saturated carbocycles. The van der Waals surface area contributed by atoms with Crippen molar-refractivity contribution in [1.29, 1.82) is 0 Å². The fraction of sp³-hybridized carbons (Fsp3) is 0.733. The molecule has 2 N–H and O–H groups in total. The predicted octanol–water partition coefficient (Wildman–Crippen LogP) is 3.77. The highest BCUT2D eigenvalue weighted by Gasteiger charge is 2.26. The highest BCUT2D eigenvalue weighted by molar-refractivity contribution is 5.18. The van der Waals surface area contributed by atoms with Crippen LogP contribution in [0.5, 0.6) is 0 Å². The smallest absolute Gasteiger partial charge is 0.146 e. The van der Waals surface area contributed by atoms with Crippen molar-refractivity contribution in [3.8, 4) is 0 Å². The van der Waals surface area contributed by atoms with Gasteiger partial charge < -0.3 is 5.73 Å². The molecule has 0 spiro atoms. The van der Waals surface area contributed by atoms with Gasteiger partial charge in [0.1, 0.15) is 5.82 Å². The summed E-state index contributed by atoms with van der Waals surface area (Å²) >= 11 is 0. The molecule has 0 fully saturated rings. The van der Waals surface area contributed by atoms with Crippen molar-refractivity contribution >= 4 is 0 Å². The molecule has 0 saturated heterocycles. The molecule has 0 bridgehead atoms. The average molecular weight is 249 g/mol. The van der Waals surface area contributed by atoms with Crippen LogP contribution in [-0.2, 0) is 0 Å². The summed E-state index contributed by atoms with van der Waals surface area (Å²) in [6.07, 6.45) is 0. The number of hydrogen-bond acceptors (Lipinski definition) is 3. The van der Waals surface area contributed by atoms with E-state index in [1.807, 2.05) is 0 Å². The maximum Gasteiger partial charge on any atom is 0.146 e. The first kappa shape index (κ1) is 15.1. The third-order valence-electron chi connectivity index (χ3n) is 3.18. The summed E-state index contributed by atoms with van der Waals surface area (Å²) in [6, 6.07) is 1.97. The molecule has 1 heterocycles. The average Bonchev–Trinajstić information content (AvgIpc) is 2.26. The molecule has 0 radical (unpaired) electrons. The third-order valence-corrected chi connectivity index (χ3v) is 3.18. The summed E-state index contributed by atoms with van der Waals surface area (Å²) in [5.41, 5.74) is 8.43. The van der Waals surface area contributed by atoms with Gasteiger partial charge in [-0.15, -0.1) is 0 Å². The Kier molecular flexibility index (Phi) is 4.49. The summed E-state index contributed by atoms with van der Waals surface area (Å²) in [4.78, 5) is 9.29. The first-order chi connectivity index (χ1) is 8.12. The van der Waals surface area contributed by atoms with E-state index in [-0.39, 0.29) is 11.5 Å². The number of rotatable bonds is 3. The molecule has 0 aliphatic rings. The van der Waals surface area contributed by atoms with Crippen molar-refractivity contribution in [3.05, 3.63) is 23.3 Å². The summed E-state index contributed by atoms with van der Waals surface area (Å²) in [5.74, 6) is 1.57. The van der Waals surface area contributed by atoms with Gasteiger partial charge in [0.15, 0.2) is 0 Å². The van der Waals surface area contributed by atoms with Crippen LogP contribution in [0, 0.1) is 5.41 Å². The Morgan fingerprint density at radius 3 is 1.61 bits per heavy atom. The van der Waals surface area contributed by atoms with E-state index in [9.17, 15) is 0 Å². The second-order valence-corrected chi connectivity index (χ2v) is 6.73. The van der Waals surface area contributed by atoms with Gasteiger partial charge in [0.2, 0.25) is 0 Å². The fourth-order valence-electron chi connectivity index (χ4n) is 1.62. The van der Waals surface area contributed by atoms with Gasteiger partial charge in [0.05, 0.1) is 6.04 Å². The highest BCUT2D eigenvalue weighted by atomic mass is 15.0. The van der Waals surface area contributed by atoms with Gasteiger partial charge in [0, 0.05) is 11.4 Å². The zero-order valence-electron chi connectivity index (χ0n) is 12.8. The van der Waals surface area contributed by atoms with Crippen molar-refractivity contribution in [2.24, 2.45) is 11.1 Å². The van der Waals surface area contributed by atoms with Gasteiger partial charge in [-0.3, -0.25) is 0 Å². The largest absolute Gasteiger partial charge is 0.321 e. The molecule has 3 nitrogen and oxygen atoms in total. The molecular weight excluding hydrogens is 222 g/mol. The van der Waals surface area contributed by atoms with Gasteiger partial charge in [0.25, 0.3) is 0 Å². The van der Waals surface area contributed by atoms with E-state index >= 15 is 0 Å².